The van der Waals surface area contributed by atoms with Gasteiger partial charge in [-0.05, 0) is 25.1 Å². The standard InChI is InChI=1S/C24H24N2O3/c1-17-23(24(27)22-16-18-6-2-5-9-21(18)29-22)19-7-3-4-8-20(19)26(17)11-10-25-12-14-28-15-13-25/h2-9,16H,10-15H2,1H3. The summed E-state index contributed by atoms with van der Waals surface area (Å²) in [5.41, 5.74) is 3.56. The van der Waals surface area contributed by atoms with E-state index in [2.05, 4.69) is 15.5 Å². The Morgan fingerprint density at radius 2 is 1.76 bits per heavy atom. The molecule has 0 spiro atoms. The first-order valence-corrected chi connectivity index (χ1v) is 10.1. The number of hydrogen-bond acceptors (Lipinski definition) is 4. The van der Waals surface area contributed by atoms with Gasteiger partial charge >= 0.3 is 0 Å². The maximum atomic E-state index is 13.4. The second-order valence-electron chi connectivity index (χ2n) is 7.56. The van der Waals surface area contributed by atoms with Crippen LogP contribution in [0.5, 0.6) is 0 Å². The molecule has 0 bridgehead atoms. The van der Waals surface area contributed by atoms with Gasteiger partial charge in [0.25, 0.3) is 0 Å². The van der Waals surface area contributed by atoms with Crippen LogP contribution in [0.25, 0.3) is 21.9 Å². The fourth-order valence-corrected chi connectivity index (χ4v) is 4.29. The monoisotopic (exact) mass is 388 g/mol. The van der Waals surface area contributed by atoms with E-state index in [1.807, 2.05) is 55.5 Å². The van der Waals surface area contributed by atoms with Crippen LogP contribution < -0.4 is 0 Å². The van der Waals surface area contributed by atoms with E-state index >= 15 is 0 Å². The number of morpholine rings is 1. The first kappa shape index (κ1) is 18.2. The number of nitrogens with zero attached hydrogens (tertiary/aromatic N) is 2. The molecular formula is C24H24N2O3. The van der Waals surface area contributed by atoms with Crippen LogP contribution in [0.1, 0.15) is 21.8 Å². The van der Waals surface area contributed by atoms with Gasteiger partial charge in [0, 0.05) is 48.2 Å². The third-order valence-electron chi connectivity index (χ3n) is 5.85. The van der Waals surface area contributed by atoms with Gasteiger partial charge in [-0.2, -0.15) is 0 Å². The summed E-state index contributed by atoms with van der Waals surface area (Å²) in [6, 6.07) is 17.7. The van der Waals surface area contributed by atoms with Gasteiger partial charge in [-0.25, -0.2) is 0 Å². The molecule has 0 N–H and O–H groups in total. The van der Waals surface area contributed by atoms with Crippen LogP contribution >= 0.6 is 0 Å². The van der Waals surface area contributed by atoms with Crippen LogP contribution in [0, 0.1) is 6.92 Å². The summed E-state index contributed by atoms with van der Waals surface area (Å²) in [6.07, 6.45) is 0. The Balaban J connectivity index is 1.53. The number of furan rings is 1. The van der Waals surface area contributed by atoms with Crippen LogP contribution in [0.15, 0.2) is 59.0 Å². The van der Waals surface area contributed by atoms with Crippen molar-refractivity contribution in [1.29, 1.82) is 0 Å². The Hall–Kier alpha value is -2.89. The fourth-order valence-electron chi connectivity index (χ4n) is 4.29. The van der Waals surface area contributed by atoms with Crippen molar-refractivity contribution in [3.63, 3.8) is 0 Å². The highest BCUT2D eigenvalue weighted by Gasteiger charge is 2.24. The Kier molecular flexibility index (Phi) is 4.70. The predicted octanol–water partition coefficient (Wildman–Crippen LogP) is 4.26. The smallest absolute Gasteiger partial charge is 0.230 e. The molecule has 0 atom stereocenters. The zero-order valence-electron chi connectivity index (χ0n) is 16.6. The molecule has 3 heterocycles. The minimum atomic E-state index is -0.0555. The zero-order chi connectivity index (χ0) is 19.8. The number of rotatable bonds is 5. The van der Waals surface area contributed by atoms with Gasteiger partial charge in [-0.1, -0.05) is 36.4 Å². The van der Waals surface area contributed by atoms with E-state index in [9.17, 15) is 4.79 Å². The number of para-hydroxylation sites is 2. The first-order chi connectivity index (χ1) is 14.2. The molecule has 5 nitrogen and oxygen atoms in total. The fraction of sp³-hybridized carbons (Fsp3) is 0.292. The van der Waals surface area contributed by atoms with Crippen molar-refractivity contribution in [1.82, 2.24) is 9.47 Å². The number of benzene rings is 2. The number of aromatic nitrogens is 1. The number of hydrogen-bond donors (Lipinski definition) is 0. The largest absolute Gasteiger partial charge is 0.453 e. The van der Waals surface area contributed by atoms with E-state index < -0.39 is 0 Å². The van der Waals surface area contributed by atoms with Crippen molar-refractivity contribution in [2.24, 2.45) is 0 Å². The zero-order valence-corrected chi connectivity index (χ0v) is 16.6. The summed E-state index contributed by atoms with van der Waals surface area (Å²) in [6.45, 7) is 7.34. The van der Waals surface area contributed by atoms with Gasteiger partial charge < -0.3 is 13.7 Å². The van der Waals surface area contributed by atoms with Crippen molar-refractivity contribution in [2.75, 3.05) is 32.8 Å². The van der Waals surface area contributed by atoms with Crippen LogP contribution in [-0.4, -0.2) is 48.1 Å². The quantitative estimate of drug-likeness (QED) is 0.479. The Bertz CT molecular complexity index is 1150. The van der Waals surface area contributed by atoms with Crippen LogP contribution in [0.4, 0.5) is 0 Å². The van der Waals surface area contributed by atoms with Crippen molar-refractivity contribution < 1.29 is 13.9 Å². The van der Waals surface area contributed by atoms with Crippen LogP contribution in [0.3, 0.4) is 0 Å². The number of carbonyl (C=O) groups is 1. The van der Waals surface area contributed by atoms with E-state index in [0.717, 1.165) is 72.5 Å². The average Bonchev–Trinajstić information content (AvgIpc) is 3.31. The Labute approximate surface area is 169 Å². The van der Waals surface area contributed by atoms with Gasteiger partial charge in [0.2, 0.25) is 5.78 Å². The Morgan fingerprint density at radius 3 is 2.59 bits per heavy atom. The second-order valence-corrected chi connectivity index (χ2v) is 7.56. The maximum absolute atomic E-state index is 13.4. The Morgan fingerprint density at radius 1 is 1.00 bits per heavy atom. The van der Waals surface area contributed by atoms with Crippen molar-refractivity contribution >= 4 is 27.7 Å². The molecule has 148 valence electrons. The third kappa shape index (κ3) is 3.26. The lowest BCUT2D eigenvalue weighted by Crippen LogP contribution is -2.38. The van der Waals surface area contributed by atoms with Gasteiger partial charge in [0.05, 0.1) is 18.8 Å². The summed E-state index contributed by atoms with van der Waals surface area (Å²) in [4.78, 5) is 15.9. The van der Waals surface area contributed by atoms with Crippen molar-refractivity contribution in [2.45, 2.75) is 13.5 Å². The molecule has 4 aromatic rings. The highest BCUT2D eigenvalue weighted by atomic mass is 16.5. The average molecular weight is 388 g/mol. The second kappa shape index (κ2) is 7.50. The molecule has 2 aromatic carbocycles. The SMILES string of the molecule is Cc1c(C(=O)c2cc3ccccc3o2)c2ccccc2n1CCN1CCOCC1. The molecule has 0 amide bonds. The van der Waals surface area contributed by atoms with E-state index in [1.54, 1.807) is 0 Å². The minimum Gasteiger partial charge on any atom is -0.453 e. The molecule has 1 aliphatic rings. The van der Waals surface area contributed by atoms with Crippen molar-refractivity contribution in [3.05, 3.63) is 71.6 Å². The highest BCUT2D eigenvalue weighted by molar-refractivity contribution is 6.17. The molecule has 5 rings (SSSR count). The topological polar surface area (TPSA) is 47.6 Å². The molecule has 1 saturated heterocycles. The summed E-state index contributed by atoms with van der Waals surface area (Å²) in [5.74, 6) is 0.338. The molecule has 0 aliphatic carbocycles. The highest BCUT2D eigenvalue weighted by Crippen LogP contribution is 2.30. The van der Waals surface area contributed by atoms with E-state index in [0.29, 0.717) is 5.76 Å². The van der Waals surface area contributed by atoms with E-state index in [4.69, 9.17) is 9.15 Å². The lowest BCUT2D eigenvalue weighted by molar-refractivity contribution is 0.0365. The molecule has 0 saturated carbocycles. The molecule has 0 radical (unpaired) electrons. The van der Waals surface area contributed by atoms with Crippen molar-refractivity contribution in [3.8, 4) is 0 Å². The van der Waals surface area contributed by atoms with E-state index in [-0.39, 0.29) is 5.78 Å². The van der Waals surface area contributed by atoms with Gasteiger partial charge in [0.15, 0.2) is 5.76 Å². The normalized spacial score (nSPS) is 15.3. The van der Waals surface area contributed by atoms with Gasteiger partial charge in [-0.15, -0.1) is 0 Å². The number of carbonyl (C=O) groups excluding carboxylic acids is 1. The lowest BCUT2D eigenvalue weighted by Gasteiger charge is -2.27. The molecule has 2 aromatic heterocycles. The number of ketones is 1. The minimum absolute atomic E-state index is 0.0555. The predicted molar refractivity (Wildman–Crippen MR) is 114 cm³/mol. The van der Waals surface area contributed by atoms with Gasteiger partial charge in [0.1, 0.15) is 5.58 Å². The van der Waals surface area contributed by atoms with Gasteiger partial charge in [-0.3, -0.25) is 9.69 Å². The molecule has 1 aliphatic heterocycles. The van der Waals surface area contributed by atoms with Crippen LogP contribution in [0.2, 0.25) is 0 Å². The molecular weight excluding hydrogens is 364 g/mol. The number of fused-ring (bicyclic) bond motifs is 2. The third-order valence-corrected chi connectivity index (χ3v) is 5.85. The summed E-state index contributed by atoms with van der Waals surface area (Å²) in [5, 5.41) is 1.93. The molecule has 29 heavy (non-hydrogen) atoms. The van der Waals surface area contributed by atoms with Crippen LogP contribution in [-0.2, 0) is 11.3 Å². The van der Waals surface area contributed by atoms with E-state index in [1.165, 1.54) is 0 Å². The summed E-state index contributed by atoms with van der Waals surface area (Å²) in [7, 11) is 0. The lowest BCUT2D eigenvalue weighted by atomic mass is 10.0. The summed E-state index contributed by atoms with van der Waals surface area (Å²) < 4.78 is 13.6. The summed E-state index contributed by atoms with van der Waals surface area (Å²) >= 11 is 0. The molecule has 1 fully saturated rings. The molecule has 5 heteroatoms. The maximum Gasteiger partial charge on any atom is 0.230 e. The molecule has 0 unspecified atom stereocenters. The first-order valence-electron chi connectivity index (χ1n) is 10.1. The number of ether oxygens (including phenoxy) is 1.